The van der Waals surface area contributed by atoms with Crippen LogP contribution in [0.1, 0.15) is 22.3 Å². The van der Waals surface area contributed by atoms with E-state index in [1.807, 2.05) is 0 Å². The van der Waals surface area contributed by atoms with Crippen molar-refractivity contribution >= 4 is 38.6 Å². The Morgan fingerprint density at radius 1 is 0.293 bits per heavy atom. The van der Waals surface area contributed by atoms with Gasteiger partial charge in [0.2, 0.25) is 0 Å². The molecule has 270 valence electrons. The smallest absolute Gasteiger partial charge is 0.0726 e. The van der Waals surface area contributed by atoms with Crippen molar-refractivity contribution in [3.8, 4) is 44.5 Å². The zero-order valence-corrected chi connectivity index (χ0v) is 31.8. The summed E-state index contributed by atoms with van der Waals surface area (Å²) in [4.78, 5) is 2.51. The molecule has 12 rings (SSSR count). The number of hydrogen-bond donors (Lipinski definition) is 0. The zero-order chi connectivity index (χ0) is 38.2. The summed E-state index contributed by atoms with van der Waals surface area (Å²) in [5.74, 6) is 0. The lowest BCUT2D eigenvalue weighted by atomic mass is 9.70. The van der Waals surface area contributed by atoms with E-state index < -0.39 is 5.41 Å². The van der Waals surface area contributed by atoms with Crippen LogP contribution < -0.4 is 4.90 Å². The number of anilines is 3. The molecule has 0 unspecified atom stereocenters. The Balaban J connectivity index is 1.17. The van der Waals surface area contributed by atoms with Crippen LogP contribution in [0.5, 0.6) is 0 Å². The first kappa shape index (κ1) is 32.7. The molecule has 1 nitrogen and oxygen atoms in total. The van der Waals surface area contributed by atoms with Gasteiger partial charge in [-0.2, -0.15) is 0 Å². The van der Waals surface area contributed by atoms with E-state index in [0.29, 0.717) is 0 Å². The highest BCUT2D eigenvalue weighted by Gasteiger charge is 2.51. The fourth-order valence-corrected chi connectivity index (χ4v) is 10.2. The zero-order valence-electron chi connectivity index (χ0n) is 31.8. The van der Waals surface area contributed by atoms with Crippen LogP contribution in [-0.4, -0.2) is 0 Å². The third-order valence-corrected chi connectivity index (χ3v) is 12.6. The normalized spacial score (nSPS) is 13.0. The molecule has 2 aliphatic carbocycles. The quantitative estimate of drug-likeness (QED) is 0.170. The molecule has 0 fully saturated rings. The minimum absolute atomic E-state index is 0.447. The summed E-state index contributed by atoms with van der Waals surface area (Å²) in [5.41, 5.74) is 18.3. The predicted octanol–water partition coefficient (Wildman–Crippen LogP) is 15.1. The molecule has 1 spiro atoms. The molecule has 0 saturated carbocycles. The first-order chi connectivity index (χ1) is 28.8. The van der Waals surface area contributed by atoms with Gasteiger partial charge in [0.15, 0.2) is 0 Å². The van der Waals surface area contributed by atoms with Gasteiger partial charge >= 0.3 is 0 Å². The number of nitrogens with zero attached hydrogens (tertiary/aromatic N) is 1. The molecule has 0 saturated heterocycles. The Kier molecular flexibility index (Phi) is 7.21. The summed E-state index contributed by atoms with van der Waals surface area (Å²) in [5, 5.41) is 4.91. The van der Waals surface area contributed by atoms with Crippen LogP contribution in [0.2, 0.25) is 0 Å². The lowest BCUT2D eigenvalue weighted by molar-refractivity contribution is 0.793. The first-order valence-corrected chi connectivity index (χ1v) is 20.2. The maximum Gasteiger partial charge on any atom is 0.0726 e. The third-order valence-electron chi connectivity index (χ3n) is 12.6. The minimum Gasteiger partial charge on any atom is -0.310 e. The fraction of sp³-hybridized carbons (Fsp3) is 0.0175. The Labute approximate surface area is 338 Å². The predicted molar refractivity (Wildman–Crippen MR) is 243 cm³/mol. The van der Waals surface area contributed by atoms with Crippen LogP contribution in [-0.2, 0) is 5.41 Å². The largest absolute Gasteiger partial charge is 0.310 e. The van der Waals surface area contributed by atoms with E-state index in [1.54, 1.807) is 0 Å². The highest BCUT2D eigenvalue weighted by Crippen LogP contribution is 2.63. The molecule has 0 atom stereocenters. The Morgan fingerprint density at radius 3 is 1.57 bits per heavy atom. The fourth-order valence-electron chi connectivity index (χ4n) is 10.2. The maximum absolute atomic E-state index is 2.51. The van der Waals surface area contributed by atoms with Crippen molar-refractivity contribution in [1.82, 2.24) is 0 Å². The molecule has 0 radical (unpaired) electrons. The molecule has 1 heteroatoms. The summed E-state index contributed by atoms with van der Waals surface area (Å²) >= 11 is 0. The van der Waals surface area contributed by atoms with Gasteiger partial charge in [-0.15, -0.1) is 0 Å². The topological polar surface area (TPSA) is 3.24 Å². The van der Waals surface area contributed by atoms with Crippen LogP contribution in [0.3, 0.4) is 0 Å². The molecule has 0 bridgehead atoms. The standard InChI is InChI=1S/C57H37N/c1-2-15-38(16-3-1)42-20-14-21-44(36-42)58(55-34-31-40-18-6-7-22-46(40)56(55)43-30-29-39-17-4-5-19-41(39)35-43)45-32-33-50-49-25-10-13-28-53(49)57(54(50)37-45)51-26-11-8-23-47(51)48-24-9-12-27-52(48)57/h1-37H. The minimum atomic E-state index is -0.447. The van der Waals surface area contributed by atoms with Gasteiger partial charge in [-0.05, 0) is 119 Å². The van der Waals surface area contributed by atoms with E-state index in [1.165, 1.54) is 88.3 Å². The Bertz CT molecular complexity index is 3180. The van der Waals surface area contributed by atoms with Crippen molar-refractivity contribution < 1.29 is 0 Å². The molecule has 2 aliphatic rings. The molecule has 0 amide bonds. The van der Waals surface area contributed by atoms with Crippen molar-refractivity contribution in [3.05, 3.63) is 247 Å². The Morgan fingerprint density at radius 2 is 0.845 bits per heavy atom. The van der Waals surface area contributed by atoms with E-state index in [-0.39, 0.29) is 0 Å². The van der Waals surface area contributed by atoms with Gasteiger partial charge in [0.05, 0.1) is 11.1 Å². The van der Waals surface area contributed by atoms with E-state index in [4.69, 9.17) is 0 Å². The second-order valence-electron chi connectivity index (χ2n) is 15.6. The third kappa shape index (κ3) is 4.71. The Hall–Kier alpha value is -7.48. The molecule has 58 heavy (non-hydrogen) atoms. The molecule has 0 aliphatic heterocycles. The van der Waals surface area contributed by atoms with Crippen molar-refractivity contribution in [2.24, 2.45) is 0 Å². The van der Waals surface area contributed by atoms with E-state index in [9.17, 15) is 0 Å². The first-order valence-electron chi connectivity index (χ1n) is 20.2. The maximum atomic E-state index is 2.51. The molecule has 10 aromatic rings. The summed E-state index contributed by atoms with van der Waals surface area (Å²) in [6.45, 7) is 0. The van der Waals surface area contributed by atoms with E-state index in [2.05, 4.69) is 229 Å². The van der Waals surface area contributed by atoms with Crippen LogP contribution in [0.25, 0.3) is 66.1 Å². The lowest BCUT2D eigenvalue weighted by Crippen LogP contribution is -2.26. The number of hydrogen-bond acceptors (Lipinski definition) is 1. The van der Waals surface area contributed by atoms with Gasteiger partial charge in [0.1, 0.15) is 0 Å². The summed E-state index contributed by atoms with van der Waals surface area (Å²) in [6.07, 6.45) is 0. The van der Waals surface area contributed by atoms with Gasteiger partial charge in [-0.25, -0.2) is 0 Å². The number of benzene rings is 10. The molecule has 0 N–H and O–H groups in total. The van der Waals surface area contributed by atoms with Gasteiger partial charge in [0.25, 0.3) is 0 Å². The van der Waals surface area contributed by atoms with Gasteiger partial charge < -0.3 is 4.90 Å². The van der Waals surface area contributed by atoms with Gasteiger partial charge in [-0.1, -0.05) is 188 Å². The molecule has 10 aromatic carbocycles. The number of fused-ring (bicyclic) bond motifs is 12. The average Bonchev–Trinajstić information content (AvgIpc) is 3.76. The van der Waals surface area contributed by atoms with Crippen LogP contribution in [0.4, 0.5) is 17.1 Å². The van der Waals surface area contributed by atoms with Crippen LogP contribution in [0, 0.1) is 0 Å². The number of rotatable bonds is 5. The van der Waals surface area contributed by atoms with Crippen molar-refractivity contribution in [3.63, 3.8) is 0 Å². The molecular weight excluding hydrogens is 699 g/mol. The van der Waals surface area contributed by atoms with E-state index in [0.717, 1.165) is 17.1 Å². The van der Waals surface area contributed by atoms with E-state index >= 15 is 0 Å². The SMILES string of the molecule is c1ccc(-c2cccc(N(c3ccc4c(c3)C3(c5ccccc5-c5ccccc53)c3ccccc3-4)c3ccc4ccccc4c3-c3ccc4ccccc4c3)c2)cc1. The monoisotopic (exact) mass is 735 g/mol. The average molecular weight is 736 g/mol. The highest BCUT2D eigenvalue weighted by molar-refractivity contribution is 6.07. The van der Waals surface area contributed by atoms with Crippen molar-refractivity contribution in [1.29, 1.82) is 0 Å². The van der Waals surface area contributed by atoms with Gasteiger partial charge in [0, 0.05) is 16.9 Å². The highest BCUT2D eigenvalue weighted by atomic mass is 15.1. The molecule has 0 aromatic heterocycles. The van der Waals surface area contributed by atoms with Crippen molar-refractivity contribution in [2.45, 2.75) is 5.41 Å². The molecule has 0 heterocycles. The summed E-state index contributed by atoms with van der Waals surface area (Å²) < 4.78 is 0. The van der Waals surface area contributed by atoms with Crippen LogP contribution in [0.15, 0.2) is 224 Å². The second-order valence-corrected chi connectivity index (χ2v) is 15.6. The second kappa shape index (κ2) is 12.8. The van der Waals surface area contributed by atoms with Gasteiger partial charge in [-0.3, -0.25) is 0 Å². The van der Waals surface area contributed by atoms with Crippen molar-refractivity contribution in [2.75, 3.05) is 4.90 Å². The lowest BCUT2D eigenvalue weighted by Gasteiger charge is -2.33. The summed E-state index contributed by atoms with van der Waals surface area (Å²) in [7, 11) is 0. The molecular formula is C57H37N. The van der Waals surface area contributed by atoms with Crippen LogP contribution >= 0.6 is 0 Å². The summed E-state index contributed by atoms with van der Waals surface area (Å²) in [6, 6.07) is 83.2.